The standard InChI is InChI=1S/C13H30N2/c1-6-9-10-15(12(4)7-2)13(5)11-14-8-3/h12-14H,6-11H2,1-5H3. The molecule has 0 fully saturated rings. The minimum absolute atomic E-state index is 0.659. The van der Waals surface area contributed by atoms with Gasteiger partial charge in [0.15, 0.2) is 0 Å². The van der Waals surface area contributed by atoms with E-state index in [-0.39, 0.29) is 0 Å². The predicted molar refractivity (Wildman–Crippen MR) is 69.4 cm³/mol. The first-order valence-corrected chi connectivity index (χ1v) is 6.63. The van der Waals surface area contributed by atoms with Crippen LogP contribution >= 0.6 is 0 Å². The topological polar surface area (TPSA) is 15.3 Å². The lowest BCUT2D eigenvalue weighted by atomic mass is 10.1. The van der Waals surface area contributed by atoms with E-state index in [0.717, 1.165) is 13.1 Å². The fraction of sp³-hybridized carbons (Fsp3) is 1.00. The minimum atomic E-state index is 0.659. The van der Waals surface area contributed by atoms with Crippen molar-refractivity contribution in [3.8, 4) is 0 Å². The van der Waals surface area contributed by atoms with Gasteiger partial charge in [-0.05, 0) is 39.8 Å². The summed E-state index contributed by atoms with van der Waals surface area (Å²) in [7, 11) is 0. The van der Waals surface area contributed by atoms with Crippen LogP contribution in [0.5, 0.6) is 0 Å². The van der Waals surface area contributed by atoms with Crippen LogP contribution in [0.3, 0.4) is 0 Å². The third-order valence-corrected chi connectivity index (χ3v) is 3.18. The van der Waals surface area contributed by atoms with Crippen molar-refractivity contribution in [3.63, 3.8) is 0 Å². The van der Waals surface area contributed by atoms with Crippen LogP contribution in [0.2, 0.25) is 0 Å². The molecule has 0 saturated carbocycles. The summed E-state index contributed by atoms with van der Waals surface area (Å²) in [6, 6.07) is 1.37. The van der Waals surface area contributed by atoms with E-state index >= 15 is 0 Å². The molecule has 0 aliphatic heterocycles. The Morgan fingerprint density at radius 2 is 1.73 bits per heavy atom. The molecular weight excluding hydrogens is 184 g/mol. The van der Waals surface area contributed by atoms with Crippen molar-refractivity contribution in [2.24, 2.45) is 0 Å². The van der Waals surface area contributed by atoms with E-state index in [4.69, 9.17) is 0 Å². The maximum Gasteiger partial charge on any atom is 0.0195 e. The average Bonchev–Trinajstić information content (AvgIpc) is 2.26. The molecule has 0 aromatic heterocycles. The SMILES string of the molecule is CCCCN(C(C)CC)C(C)CNCC. The van der Waals surface area contributed by atoms with E-state index in [1.165, 1.54) is 25.8 Å². The lowest BCUT2D eigenvalue weighted by molar-refractivity contribution is 0.145. The molecule has 0 aromatic rings. The number of unbranched alkanes of at least 4 members (excludes halogenated alkanes) is 1. The van der Waals surface area contributed by atoms with Gasteiger partial charge in [0.1, 0.15) is 0 Å². The zero-order valence-corrected chi connectivity index (χ0v) is 11.3. The van der Waals surface area contributed by atoms with Gasteiger partial charge in [0.05, 0.1) is 0 Å². The summed E-state index contributed by atoms with van der Waals surface area (Å²) in [4.78, 5) is 2.64. The first kappa shape index (κ1) is 14.9. The molecule has 2 unspecified atom stereocenters. The van der Waals surface area contributed by atoms with Gasteiger partial charge in [-0.15, -0.1) is 0 Å². The highest BCUT2D eigenvalue weighted by molar-refractivity contribution is 4.74. The smallest absolute Gasteiger partial charge is 0.0195 e. The molecule has 0 saturated heterocycles. The molecule has 0 spiro atoms. The van der Waals surface area contributed by atoms with Crippen LogP contribution in [0.4, 0.5) is 0 Å². The number of likely N-dealkylation sites (N-methyl/N-ethyl adjacent to an activating group) is 1. The highest BCUT2D eigenvalue weighted by Gasteiger charge is 2.17. The molecule has 1 N–H and O–H groups in total. The van der Waals surface area contributed by atoms with E-state index in [9.17, 15) is 0 Å². The average molecular weight is 214 g/mol. The third kappa shape index (κ3) is 6.16. The second kappa shape index (κ2) is 9.17. The Morgan fingerprint density at radius 3 is 2.20 bits per heavy atom. The molecule has 0 heterocycles. The van der Waals surface area contributed by atoms with Gasteiger partial charge >= 0.3 is 0 Å². The van der Waals surface area contributed by atoms with E-state index in [1.807, 2.05) is 0 Å². The number of hydrogen-bond acceptors (Lipinski definition) is 2. The summed E-state index contributed by atoms with van der Waals surface area (Å²) in [6.07, 6.45) is 3.86. The maximum absolute atomic E-state index is 3.44. The number of nitrogens with zero attached hydrogens (tertiary/aromatic N) is 1. The van der Waals surface area contributed by atoms with Crippen LogP contribution in [-0.2, 0) is 0 Å². The summed E-state index contributed by atoms with van der Waals surface area (Å²) in [5.74, 6) is 0. The molecule has 92 valence electrons. The van der Waals surface area contributed by atoms with Gasteiger partial charge in [-0.1, -0.05) is 27.2 Å². The van der Waals surface area contributed by atoms with Crippen LogP contribution in [0, 0.1) is 0 Å². The van der Waals surface area contributed by atoms with Crippen molar-refractivity contribution in [2.75, 3.05) is 19.6 Å². The molecule has 2 heteroatoms. The zero-order chi connectivity index (χ0) is 11.7. The monoisotopic (exact) mass is 214 g/mol. The number of rotatable bonds is 9. The second-order valence-corrected chi connectivity index (χ2v) is 4.51. The Bertz CT molecular complexity index is 136. The Hall–Kier alpha value is -0.0800. The lowest BCUT2D eigenvalue weighted by Crippen LogP contribution is -2.45. The molecule has 0 amide bonds. The molecule has 0 aliphatic carbocycles. The lowest BCUT2D eigenvalue weighted by Gasteiger charge is -2.34. The molecule has 0 bridgehead atoms. The van der Waals surface area contributed by atoms with Crippen molar-refractivity contribution < 1.29 is 0 Å². The van der Waals surface area contributed by atoms with E-state index in [0.29, 0.717) is 12.1 Å². The first-order valence-electron chi connectivity index (χ1n) is 6.63. The quantitative estimate of drug-likeness (QED) is 0.635. The fourth-order valence-electron chi connectivity index (χ4n) is 1.92. The largest absolute Gasteiger partial charge is 0.315 e. The highest BCUT2D eigenvalue weighted by atomic mass is 15.2. The minimum Gasteiger partial charge on any atom is -0.315 e. The van der Waals surface area contributed by atoms with Crippen molar-refractivity contribution in [3.05, 3.63) is 0 Å². The van der Waals surface area contributed by atoms with Crippen LogP contribution in [0.1, 0.15) is 53.9 Å². The molecule has 0 aliphatic rings. The van der Waals surface area contributed by atoms with Crippen LogP contribution < -0.4 is 5.32 Å². The highest BCUT2D eigenvalue weighted by Crippen LogP contribution is 2.10. The Balaban J connectivity index is 4.07. The molecule has 2 atom stereocenters. The number of hydrogen-bond donors (Lipinski definition) is 1. The molecule has 0 rings (SSSR count). The molecular formula is C13H30N2. The number of nitrogens with one attached hydrogen (secondary N) is 1. The van der Waals surface area contributed by atoms with Crippen molar-refractivity contribution >= 4 is 0 Å². The second-order valence-electron chi connectivity index (χ2n) is 4.51. The van der Waals surface area contributed by atoms with Gasteiger partial charge in [-0.25, -0.2) is 0 Å². The Kier molecular flexibility index (Phi) is 9.12. The first-order chi connectivity index (χ1) is 7.17. The molecule has 0 radical (unpaired) electrons. The van der Waals surface area contributed by atoms with Crippen LogP contribution in [0.15, 0.2) is 0 Å². The molecule has 15 heavy (non-hydrogen) atoms. The third-order valence-electron chi connectivity index (χ3n) is 3.18. The van der Waals surface area contributed by atoms with Crippen LogP contribution in [-0.4, -0.2) is 36.6 Å². The Morgan fingerprint density at radius 1 is 1.07 bits per heavy atom. The van der Waals surface area contributed by atoms with Crippen LogP contribution in [0.25, 0.3) is 0 Å². The summed E-state index contributed by atoms with van der Waals surface area (Å²) in [5.41, 5.74) is 0. The zero-order valence-electron chi connectivity index (χ0n) is 11.3. The van der Waals surface area contributed by atoms with E-state index in [1.54, 1.807) is 0 Å². The Labute approximate surface area is 96.4 Å². The molecule has 2 nitrogen and oxygen atoms in total. The van der Waals surface area contributed by atoms with Gasteiger partial charge in [0.25, 0.3) is 0 Å². The van der Waals surface area contributed by atoms with Gasteiger partial charge in [-0.2, -0.15) is 0 Å². The summed E-state index contributed by atoms with van der Waals surface area (Å²) >= 11 is 0. The van der Waals surface area contributed by atoms with Gasteiger partial charge in [-0.3, -0.25) is 4.90 Å². The fourth-order valence-corrected chi connectivity index (χ4v) is 1.92. The van der Waals surface area contributed by atoms with Crippen molar-refractivity contribution in [2.45, 2.75) is 66.0 Å². The summed E-state index contributed by atoms with van der Waals surface area (Å²) in [6.45, 7) is 14.8. The normalized spacial score (nSPS) is 15.6. The van der Waals surface area contributed by atoms with E-state index in [2.05, 4.69) is 44.8 Å². The summed E-state index contributed by atoms with van der Waals surface area (Å²) in [5, 5.41) is 3.44. The maximum atomic E-state index is 3.44. The predicted octanol–water partition coefficient (Wildman–Crippen LogP) is 2.89. The van der Waals surface area contributed by atoms with E-state index < -0.39 is 0 Å². The van der Waals surface area contributed by atoms with Crippen molar-refractivity contribution in [1.29, 1.82) is 0 Å². The van der Waals surface area contributed by atoms with Gasteiger partial charge in [0, 0.05) is 18.6 Å². The van der Waals surface area contributed by atoms with Gasteiger partial charge in [0.2, 0.25) is 0 Å². The van der Waals surface area contributed by atoms with Crippen molar-refractivity contribution in [1.82, 2.24) is 10.2 Å². The summed E-state index contributed by atoms with van der Waals surface area (Å²) < 4.78 is 0. The van der Waals surface area contributed by atoms with Gasteiger partial charge < -0.3 is 5.32 Å². The molecule has 0 aromatic carbocycles.